The average Bonchev–Trinajstić information content (AvgIpc) is 2.33. The highest BCUT2D eigenvalue weighted by Crippen LogP contribution is 2.23. The first-order chi connectivity index (χ1) is 8.58. The van der Waals surface area contributed by atoms with E-state index in [9.17, 15) is 4.79 Å². The molecule has 1 aromatic heterocycles. The summed E-state index contributed by atoms with van der Waals surface area (Å²) in [6.45, 7) is 3.87. The molecule has 18 heavy (non-hydrogen) atoms. The van der Waals surface area contributed by atoms with Crippen LogP contribution in [0, 0.1) is 13.8 Å². The van der Waals surface area contributed by atoms with E-state index in [1.807, 2.05) is 44.2 Å². The van der Waals surface area contributed by atoms with Crippen LogP contribution in [0.15, 0.2) is 41.0 Å². The first-order valence-electron chi connectivity index (χ1n) is 5.57. The van der Waals surface area contributed by atoms with Gasteiger partial charge in [0.2, 0.25) is 0 Å². The van der Waals surface area contributed by atoms with Crippen molar-refractivity contribution in [3.8, 4) is 0 Å². The number of aromatic nitrogens is 1. The van der Waals surface area contributed by atoms with Gasteiger partial charge in [0.1, 0.15) is 5.69 Å². The van der Waals surface area contributed by atoms with Crippen LogP contribution in [0.5, 0.6) is 0 Å². The molecule has 92 valence electrons. The summed E-state index contributed by atoms with van der Waals surface area (Å²) in [4.78, 5) is 16.2. The van der Waals surface area contributed by atoms with Crippen molar-refractivity contribution < 1.29 is 4.79 Å². The van der Waals surface area contributed by atoms with Crippen molar-refractivity contribution in [1.29, 1.82) is 0 Å². The van der Waals surface area contributed by atoms with Gasteiger partial charge in [-0.2, -0.15) is 0 Å². The molecule has 1 aromatic carbocycles. The Kier molecular flexibility index (Phi) is 3.77. The summed E-state index contributed by atoms with van der Waals surface area (Å²) in [6.07, 6.45) is 1.62. The summed E-state index contributed by atoms with van der Waals surface area (Å²) < 4.78 is 0.865. The fraction of sp³-hybridized carbons (Fsp3) is 0.143. The number of nitrogens with zero attached hydrogens (tertiary/aromatic N) is 1. The number of carbonyl (C=O) groups is 1. The quantitative estimate of drug-likeness (QED) is 0.919. The lowest BCUT2D eigenvalue weighted by atomic mass is 10.2. The maximum absolute atomic E-state index is 12.1. The van der Waals surface area contributed by atoms with E-state index in [4.69, 9.17) is 0 Å². The smallest absolute Gasteiger partial charge is 0.274 e. The van der Waals surface area contributed by atoms with Crippen LogP contribution >= 0.6 is 15.9 Å². The predicted octanol–water partition coefficient (Wildman–Crippen LogP) is 3.71. The molecule has 0 aliphatic carbocycles. The molecule has 0 aliphatic heterocycles. The van der Waals surface area contributed by atoms with Gasteiger partial charge in [-0.1, -0.05) is 12.1 Å². The molecule has 2 rings (SSSR count). The zero-order valence-electron chi connectivity index (χ0n) is 10.2. The summed E-state index contributed by atoms with van der Waals surface area (Å²) >= 11 is 3.43. The van der Waals surface area contributed by atoms with E-state index in [-0.39, 0.29) is 5.91 Å². The number of amides is 1. The van der Waals surface area contributed by atoms with Crippen LogP contribution in [0.25, 0.3) is 0 Å². The normalized spacial score (nSPS) is 10.2. The first-order valence-corrected chi connectivity index (χ1v) is 6.36. The highest BCUT2D eigenvalue weighted by atomic mass is 79.9. The minimum atomic E-state index is -0.197. The Morgan fingerprint density at radius 2 is 2.06 bits per heavy atom. The van der Waals surface area contributed by atoms with Crippen LogP contribution in [-0.4, -0.2) is 10.9 Å². The summed E-state index contributed by atoms with van der Waals surface area (Å²) in [5.74, 6) is -0.197. The molecular weight excluding hydrogens is 292 g/mol. The SMILES string of the molecule is Cc1ccc(NC(=O)c2ncccc2C)c(Br)c1. The van der Waals surface area contributed by atoms with Crippen LogP contribution in [0.4, 0.5) is 5.69 Å². The molecule has 0 bridgehead atoms. The zero-order valence-corrected chi connectivity index (χ0v) is 11.8. The number of anilines is 1. The number of halogens is 1. The molecule has 0 fully saturated rings. The molecule has 2 aromatic rings. The molecule has 0 unspecified atom stereocenters. The molecular formula is C14H13BrN2O. The maximum atomic E-state index is 12.1. The molecule has 0 saturated heterocycles. The van der Waals surface area contributed by atoms with Gasteiger partial charge in [-0.3, -0.25) is 9.78 Å². The Morgan fingerprint density at radius 3 is 2.72 bits per heavy atom. The van der Waals surface area contributed by atoms with Crippen LogP contribution in [0.2, 0.25) is 0 Å². The first kappa shape index (κ1) is 12.8. The Hall–Kier alpha value is -1.68. The topological polar surface area (TPSA) is 42.0 Å². The molecule has 1 N–H and O–H groups in total. The third-order valence-corrected chi connectivity index (χ3v) is 3.25. The molecule has 0 aliphatic rings. The van der Waals surface area contributed by atoms with Gasteiger partial charge >= 0.3 is 0 Å². The number of rotatable bonds is 2. The van der Waals surface area contributed by atoms with E-state index >= 15 is 0 Å². The molecule has 4 heteroatoms. The lowest BCUT2D eigenvalue weighted by Crippen LogP contribution is -2.15. The fourth-order valence-corrected chi connectivity index (χ4v) is 2.22. The summed E-state index contributed by atoms with van der Waals surface area (Å²) in [6, 6.07) is 9.46. The van der Waals surface area contributed by atoms with E-state index in [1.165, 1.54) is 0 Å². The molecule has 0 saturated carbocycles. The second-order valence-corrected chi connectivity index (χ2v) is 4.96. The van der Waals surface area contributed by atoms with E-state index in [1.54, 1.807) is 6.20 Å². The van der Waals surface area contributed by atoms with Crippen molar-refractivity contribution >= 4 is 27.5 Å². The monoisotopic (exact) mass is 304 g/mol. The summed E-state index contributed by atoms with van der Waals surface area (Å²) in [5, 5.41) is 2.85. The van der Waals surface area contributed by atoms with Crippen LogP contribution < -0.4 is 5.32 Å². The standard InChI is InChI=1S/C14H13BrN2O/c1-9-5-6-12(11(15)8-9)17-14(18)13-10(2)4-3-7-16-13/h3-8H,1-2H3,(H,17,18). The molecule has 0 spiro atoms. The Bertz CT molecular complexity index is 596. The number of nitrogens with one attached hydrogen (secondary N) is 1. The Labute approximate surface area is 114 Å². The minimum Gasteiger partial charge on any atom is -0.320 e. The molecule has 3 nitrogen and oxygen atoms in total. The van der Waals surface area contributed by atoms with E-state index in [2.05, 4.69) is 26.2 Å². The molecule has 1 heterocycles. The zero-order chi connectivity index (χ0) is 13.1. The second-order valence-electron chi connectivity index (χ2n) is 4.11. The van der Waals surface area contributed by atoms with Gasteiger partial charge in [-0.25, -0.2) is 0 Å². The number of carbonyl (C=O) groups excluding carboxylic acids is 1. The van der Waals surface area contributed by atoms with Crippen molar-refractivity contribution in [3.05, 3.63) is 57.8 Å². The van der Waals surface area contributed by atoms with Gasteiger partial charge in [0, 0.05) is 10.7 Å². The number of benzene rings is 1. The van der Waals surface area contributed by atoms with Gasteiger partial charge in [-0.05, 0) is 59.1 Å². The third kappa shape index (κ3) is 2.76. The fourth-order valence-electron chi connectivity index (χ4n) is 1.63. The van der Waals surface area contributed by atoms with Gasteiger partial charge < -0.3 is 5.32 Å². The van der Waals surface area contributed by atoms with Gasteiger partial charge in [0.25, 0.3) is 5.91 Å². The van der Waals surface area contributed by atoms with Gasteiger partial charge in [0.05, 0.1) is 5.69 Å². The Balaban J connectivity index is 2.24. The van der Waals surface area contributed by atoms with Gasteiger partial charge in [0.15, 0.2) is 0 Å². The van der Waals surface area contributed by atoms with E-state index in [0.29, 0.717) is 5.69 Å². The Morgan fingerprint density at radius 1 is 1.28 bits per heavy atom. The predicted molar refractivity (Wildman–Crippen MR) is 75.8 cm³/mol. The number of pyridine rings is 1. The van der Waals surface area contributed by atoms with E-state index in [0.717, 1.165) is 21.3 Å². The van der Waals surface area contributed by atoms with Crippen molar-refractivity contribution in [2.45, 2.75) is 13.8 Å². The highest BCUT2D eigenvalue weighted by molar-refractivity contribution is 9.10. The number of aryl methyl sites for hydroxylation is 2. The van der Waals surface area contributed by atoms with Crippen molar-refractivity contribution in [2.24, 2.45) is 0 Å². The molecule has 0 atom stereocenters. The third-order valence-electron chi connectivity index (χ3n) is 2.60. The van der Waals surface area contributed by atoms with Crippen LogP contribution in [0.1, 0.15) is 21.6 Å². The number of hydrogen-bond donors (Lipinski definition) is 1. The average molecular weight is 305 g/mol. The van der Waals surface area contributed by atoms with Crippen molar-refractivity contribution in [2.75, 3.05) is 5.32 Å². The lowest BCUT2D eigenvalue weighted by Gasteiger charge is -2.08. The lowest BCUT2D eigenvalue weighted by molar-refractivity contribution is 0.102. The molecule has 1 amide bonds. The summed E-state index contributed by atoms with van der Waals surface area (Å²) in [5.41, 5.74) is 3.19. The van der Waals surface area contributed by atoms with Crippen molar-refractivity contribution in [1.82, 2.24) is 4.98 Å². The van der Waals surface area contributed by atoms with Gasteiger partial charge in [-0.15, -0.1) is 0 Å². The van der Waals surface area contributed by atoms with E-state index < -0.39 is 0 Å². The largest absolute Gasteiger partial charge is 0.320 e. The highest BCUT2D eigenvalue weighted by Gasteiger charge is 2.11. The summed E-state index contributed by atoms with van der Waals surface area (Å²) in [7, 11) is 0. The minimum absolute atomic E-state index is 0.197. The van der Waals surface area contributed by atoms with Crippen LogP contribution in [0.3, 0.4) is 0 Å². The number of hydrogen-bond acceptors (Lipinski definition) is 2. The van der Waals surface area contributed by atoms with Crippen LogP contribution in [-0.2, 0) is 0 Å². The maximum Gasteiger partial charge on any atom is 0.274 e. The molecule has 0 radical (unpaired) electrons. The van der Waals surface area contributed by atoms with Crippen molar-refractivity contribution in [3.63, 3.8) is 0 Å². The second kappa shape index (κ2) is 5.31.